The molecule has 5 atom stereocenters. The average Bonchev–Trinajstić information content (AvgIpc) is 3.54. The zero-order valence-electron chi connectivity index (χ0n) is 54.6. The van der Waals surface area contributed by atoms with Gasteiger partial charge in [-0.2, -0.15) is 0 Å². The minimum atomic E-state index is -1.81. The van der Waals surface area contributed by atoms with Gasteiger partial charge >= 0.3 is 41.8 Å². The van der Waals surface area contributed by atoms with Gasteiger partial charge in [-0.1, -0.05) is 185 Å². The average molecular weight is 1190 g/mol. The van der Waals surface area contributed by atoms with E-state index in [0.29, 0.717) is 57.7 Å². The number of rotatable bonds is 52. The molecular weight excluding hydrogens is 1070 g/mol. The fraction of sp³-hybridized carbons (Fsp3) is 0.881. The van der Waals surface area contributed by atoms with Crippen LogP contribution in [0.15, 0.2) is 0 Å². The molecule has 1 N–H and O–H groups in total. The quantitative estimate of drug-likeness (QED) is 0.0340. The first-order valence-corrected chi connectivity index (χ1v) is 33.7. The SMILES string of the molecule is CCCCCCC(C)C(=O)OCC(COC(=O)C(C)CCCCCC)OC(=O)CCCC(CCCC(=O)OC(COC(=O)C(C)CCCCCC)COC(=O)C(C)CCCCCC)(OC(=O)CCCN1CCCCC1CC)C(=O)NCCCC. The van der Waals surface area contributed by atoms with Crippen molar-refractivity contribution in [3.05, 3.63) is 0 Å². The van der Waals surface area contributed by atoms with Gasteiger partial charge in [0.2, 0.25) is 0 Å². The number of nitrogens with one attached hydrogen (secondary N) is 1. The number of nitrogens with zero attached hydrogens (tertiary/aromatic N) is 1. The van der Waals surface area contributed by atoms with Gasteiger partial charge in [-0.3, -0.25) is 38.4 Å². The largest absolute Gasteiger partial charge is 0.461 e. The molecule has 1 amide bonds. The van der Waals surface area contributed by atoms with E-state index in [1.807, 2.05) is 6.92 Å². The number of unbranched alkanes of at least 4 members (excludes halogenated alkanes) is 13. The van der Waals surface area contributed by atoms with Crippen LogP contribution in [0.3, 0.4) is 0 Å². The molecule has 0 spiro atoms. The van der Waals surface area contributed by atoms with Crippen LogP contribution in [0.1, 0.15) is 288 Å². The maximum atomic E-state index is 14.6. The lowest BCUT2D eigenvalue weighted by atomic mass is 9.89. The third kappa shape index (κ3) is 36.0. The Balaban J connectivity index is 3.47. The number of carbonyl (C=O) groups excluding carboxylic acids is 8. The first kappa shape index (κ1) is 77.7. The summed E-state index contributed by atoms with van der Waals surface area (Å²) in [7, 11) is 0. The molecule has 0 radical (unpaired) electrons. The number of hydrogen-bond donors (Lipinski definition) is 1. The van der Waals surface area contributed by atoms with Crippen molar-refractivity contribution in [2.75, 3.05) is 46.1 Å². The second kappa shape index (κ2) is 48.8. The number of ether oxygens (including phenoxy) is 7. The van der Waals surface area contributed by atoms with Gasteiger partial charge in [-0.05, 0) is 96.6 Å². The van der Waals surface area contributed by atoms with Gasteiger partial charge in [-0.25, -0.2) is 0 Å². The van der Waals surface area contributed by atoms with Crippen LogP contribution in [0, 0.1) is 23.7 Å². The Hall–Kier alpha value is -4.28. The number of amides is 1. The molecule has 1 fully saturated rings. The van der Waals surface area contributed by atoms with Crippen molar-refractivity contribution in [3.8, 4) is 0 Å². The van der Waals surface area contributed by atoms with Crippen molar-refractivity contribution in [1.82, 2.24) is 10.2 Å². The molecular formula is C67H120N2O15. The van der Waals surface area contributed by atoms with Gasteiger partial charge in [0, 0.05) is 31.8 Å². The van der Waals surface area contributed by atoms with Gasteiger partial charge in [0.05, 0.1) is 23.7 Å². The van der Waals surface area contributed by atoms with E-state index in [2.05, 4.69) is 44.8 Å². The Labute approximate surface area is 508 Å². The van der Waals surface area contributed by atoms with Crippen LogP contribution in [0.2, 0.25) is 0 Å². The lowest BCUT2D eigenvalue weighted by molar-refractivity contribution is -0.173. The molecule has 17 heteroatoms. The number of carbonyl (C=O) groups is 8. The fourth-order valence-electron chi connectivity index (χ4n) is 10.6. The summed E-state index contributed by atoms with van der Waals surface area (Å²) in [5.41, 5.74) is -1.81. The van der Waals surface area contributed by atoms with E-state index in [1.54, 1.807) is 27.7 Å². The van der Waals surface area contributed by atoms with E-state index in [1.165, 1.54) is 6.42 Å². The summed E-state index contributed by atoms with van der Waals surface area (Å²) in [5, 5.41) is 2.96. The zero-order chi connectivity index (χ0) is 62.4. The van der Waals surface area contributed by atoms with Crippen molar-refractivity contribution in [3.63, 3.8) is 0 Å². The molecule has 5 unspecified atom stereocenters. The van der Waals surface area contributed by atoms with Crippen molar-refractivity contribution in [2.24, 2.45) is 23.7 Å². The predicted molar refractivity (Wildman–Crippen MR) is 328 cm³/mol. The van der Waals surface area contributed by atoms with Crippen LogP contribution >= 0.6 is 0 Å². The summed E-state index contributed by atoms with van der Waals surface area (Å²) in [6.45, 7) is 20.5. The normalized spacial score (nSPS) is 16.4. The van der Waals surface area contributed by atoms with Crippen molar-refractivity contribution in [2.45, 2.75) is 311 Å². The summed E-state index contributed by atoms with van der Waals surface area (Å²) in [4.78, 5) is 111. The van der Waals surface area contributed by atoms with Gasteiger partial charge in [0.1, 0.15) is 26.4 Å². The van der Waals surface area contributed by atoms with Gasteiger partial charge in [0.25, 0.3) is 5.91 Å². The summed E-state index contributed by atoms with van der Waals surface area (Å²) in [6.07, 6.45) is 22.2. The Morgan fingerprint density at radius 1 is 0.452 bits per heavy atom. The molecule has 0 aromatic carbocycles. The molecule has 17 nitrogen and oxygen atoms in total. The monoisotopic (exact) mass is 1190 g/mol. The van der Waals surface area contributed by atoms with Crippen LogP contribution < -0.4 is 5.32 Å². The Morgan fingerprint density at radius 3 is 1.18 bits per heavy atom. The van der Waals surface area contributed by atoms with Crippen molar-refractivity contribution in [1.29, 1.82) is 0 Å². The molecule has 1 saturated heterocycles. The number of likely N-dealkylation sites (tertiary alicyclic amines) is 1. The third-order valence-electron chi connectivity index (χ3n) is 16.3. The van der Waals surface area contributed by atoms with Crippen LogP contribution in [-0.4, -0.2) is 123 Å². The first-order chi connectivity index (χ1) is 40.4. The van der Waals surface area contributed by atoms with Crippen molar-refractivity contribution >= 4 is 47.7 Å². The molecule has 0 aliphatic carbocycles. The molecule has 488 valence electrons. The Kier molecular flexibility index (Phi) is 45.2. The van der Waals surface area contributed by atoms with Gasteiger partial charge in [0.15, 0.2) is 17.8 Å². The highest BCUT2D eigenvalue weighted by Gasteiger charge is 2.42. The standard InChI is InChI=1S/C67H120N2O15/c1-11-17-22-26-35-52(7)62(73)78-48-57(49-79-63(74)53(8)36-27-23-18-12-2)82-59(70)40-32-43-67(66(77)68-45-21-15-5,84-61(72)42-34-47-69-46-31-30-39-56(69)16-6)44-33-41-60(71)83-58(50-80-64(75)54(9)37-28-24-19-13-3)51-81-65(76)55(10)38-29-25-20-14-4/h52-58H,11-51H2,1-10H3,(H,68,77). The predicted octanol–water partition coefficient (Wildman–Crippen LogP) is 14.0. The maximum Gasteiger partial charge on any atom is 0.308 e. The maximum absolute atomic E-state index is 14.6. The molecule has 1 rings (SSSR count). The molecule has 0 aromatic rings. The molecule has 0 bridgehead atoms. The summed E-state index contributed by atoms with van der Waals surface area (Å²) >= 11 is 0. The number of hydrogen-bond acceptors (Lipinski definition) is 16. The Bertz CT molecular complexity index is 1650. The van der Waals surface area contributed by atoms with Crippen molar-refractivity contribution < 1.29 is 71.5 Å². The fourth-order valence-corrected chi connectivity index (χ4v) is 10.6. The highest BCUT2D eigenvalue weighted by molar-refractivity contribution is 5.88. The number of piperidine rings is 1. The van der Waals surface area contributed by atoms with Crippen LogP contribution in [0.5, 0.6) is 0 Å². The molecule has 1 heterocycles. The lowest BCUT2D eigenvalue weighted by Crippen LogP contribution is -2.50. The summed E-state index contributed by atoms with van der Waals surface area (Å²) < 4.78 is 40.7. The zero-order valence-corrected chi connectivity index (χ0v) is 54.6. The summed E-state index contributed by atoms with van der Waals surface area (Å²) in [5.74, 6) is -5.79. The van der Waals surface area contributed by atoms with E-state index in [4.69, 9.17) is 33.2 Å². The smallest absolute Gasteiger partial charge is 0.308 e. The molecule has 0 saturated carbocycles. The van der Waals surface area contributed by atoms with E-state index in [9.17, 15) is 38.4 Å². The van der Waals surface area contributed by atoms with E-state index in [-0.39, 0.29) is 95.0 Å². The molecule has 0 aromatic heterocycles. The number of esters is 7. The van der Waals surface area contributed by atoms with E-state index >= 15 is 0 Å². The van der Waals surface area contributed by atoms with Crippen LogP contribution in [-0.2, 0) is 71.5 Å². The van der Waals surface area contributed by atoms with Gasteiger partial charge in [-0.15, -0.1) is 0 Å². The minimum absolute atomic E-state index is 0.0203. The molecule has 1 aliphatic heterocycles. The minimum Gasteiger partial charge on any atom is -0.461 e. The first-order valence-electron chi connectivity index (χ1n) is 33.7. The topological polar surface area (TPSA) is 216 Å². The van der Waals surface area contributed by atoms with E-state index < -0.39 is 65.5 Å². The second-order valence-electron chi connectivity index (χ2n) is 24.2. The van der Waals surface area contributed by atoms with Gasteiger partial charge < -0.3 is 43.4 Å². The molecule has 84 heavy (non-hydrogen) atoms. The molecule has 1 aliphatic rings. The van der Waals surface area contributed by atoms with E-state index in [0.717, 1.165) is 135 Å². The highest BCUT2D eigenvalue weighted by atomic mass is 16.6. The third-order valence-corrected chi connectivity index (χ3v) is 16.3. The van der Waals surface area contributed by atoms with Crippen LogP contribution in [0.4, 0.5) is 0 Å². The second-order valence-corrected chi connectivity index (χ2v) is 24.2. The Morgan fingerprint density at radius 2 is 0.821 bits per heavy atom. The lowest BCUT2D eigenvalue weighted by Gasteiger charge is -2.35. The van der Waals surface area contributed by atoms with Crippen LogP contribution in [0.25, 0.3) is 0 Å². The summed E-state index contributed by atoms with van der Waals surface area (Å²) in [6, 6.07) is 0.440. The highest BCUT2D eigenvalue weighted by Crippen LogP contribution is 2.30.